The van der Waals surface area contributed by atoms with E-state index in [0.717, 1.165) is 30.6 Å². The summed E-state index contributed by atoms with van der Waals surface area (Å²) in [5.41, 5.74) is 1.65. The number of rotatable bonds is 7. The highest BCUT2D eigenvalue weighted by atomic mass is 35.5. The van der Waals surface area contributed by atoms with E-state index in [-0.39, 0.29) is 13.2 Å². The van der Waals surface area contributed by atoms with Crippen molar-refractivity contribution in [2.75, 3.05) is 24.6 Å². The van der Waals surface area contributed by atoms with Crippen molar-refractivity contribution in [1.82, 2.24) is 0 Å². The van der Waals surface area contributed by atoms with E-state index in [1.807, 2.05) is 23.1 Å². The molecule has 0 radical (unpaired) electrons. The van der Waals surface area contributed by atoms with E-state index >= 15 is 0 Å². The SMILES string of the molecule is CCCCN(CCO)c1c(Cl)cccc1CO. The highest BCUT2D eigenvalue weighted by molar-refractivity contribution is 6.33. The Labute approximate surface area is 108 Å². The van der Waals surface area contributed by atoms with Gasteiger partial charge in [-0.3, -0.25) is 0 Å². The predicted molar refractivity (Wildman–Crippen MR) is 71.6 cm³/mol. The molecule has 0 bridgehead atoms. The second-order valence-corrected chi connectivity index (χ2v) is 4.38. The maximum atomic E-state index is 9.34. The summed E-state index contributed by atoms with van der Waals surface area (Å²) in [6, 6.07) is 5.50. The molecule has 0 unspecified atom stereocenters. The van der Waals surface area contributed by atoms with Crippen LogP contribution in [0.1, 0.15) is 25.3 Å². The molecule has 1 rings (SSSR count). The van der Waals surface area contributed by atoms with Crippen LogP contribution in [0.4, 0.5) is 5.69 Å². The number of nitrogens with zero attached hydrogens (tertiary/aromatic N) is 1. The Balaban J connectivity index is 2.98. The van der Waals surface area contributed by atoms with E-state index in [4.69, 9.17) is 16.7 Å². The number of anilines is 1. The Morgan fingerprint density at radius 2 is 2.00 bits per heavy atom. The van der Waals surface area contributed by atoms with Gasteiger partial charge in [0.1, 0.15) is 0 Å². The van der Waals surface area contributed by atoms with Crippen molar-refractivity contribution in [1.29, 1.82) is 0 Å². The number of aliphatic hydroxyl groups excluding tert-OH is 2. The fourth-order valence-corrected chi connectivity index (χ4v) is 2.16. The average Bonchev–Trinajstić information content (AvgIpc) is 2.34. The van der Waals surface area contributed by atoms with E-state index in [9.17, 15) is 5.11 Å². The number of benzene rings is 1. The van der Waals surface area contributed by atoms with Gasteiger partial charge in [-0.15, -0.1) is 0 Å². The third-order valence-electron chi connectivity index (χ3n) is 2.71. The van der Waals surface area contributed by atoms with Gasteiger partial charge in [0, 0.05) is 18.7 Å². The number of halogens is 1. The van der Waals surface area contributed by atoms with E-state index in [1.54, 1.807) is 0 Å². The van der Waals surface area contributed by atoms with Crippen molar-refractivity contribution >= 4 is 17.3 Å². The highest BCUT2D eigenvalue weighted by Crippen LogP contribution is 2.30. The van der Waals surface area contributed by atoms with Gasteiger partial charge in [0.25, 0.3) is 0 Å². The molecule has 0 heterocycles. The first-order valence-corrected chi connectivity index (χ1v) is 6.36. The molecule has 0 aliphatic rings. The molecular formula is C13H20ClNO2. The molecule has 0 aliphatic carbocycles. The Morgan fingerprint density at radius 1 is 1.24 bits per heavy atom. The lowest BCUT2D eigenvalue weighted by molar-refractivity contribution is 0.280. The highest BCUT2D eigenvalue weighted by Gasteiger charge is 2.13. The van der Waals surface area contributed by atoms with Gasteiger partial charge in [0.05, 0.1) is 23.9 Å². The molecule has 0 aliphatic heterocycles. The zero-order chi connectivity index (χ0) is 12.7. The summed E-state index contributed by atoms with van der Waals surface area (Å²) in [6.07, 6.45) is 2.12. The molecular weight excluding hydrogens is 238 g/mol. The third-order valence-corrected chi connectivity index (χ3v) is 3.01. The van der Waals surface area contributed by atoms with Crippen molar-refractivity contribution in [3.63, 3.8) is 0 Å². The second kappa shape index (κ2) is 7.54. The Hall–Kier alpha value is -0.770. The van der Waals surface area contributed by atoms with Gasteiger partial charge in [-0.2, -0.15) is 0 Å². The molecule has 2 N–H and O–H groups in total. The standard InChI is InChI=1S/C13H20ClNO2/c1-2-3-7-15(8-9-16)13-11(10-17)5-4-6-12(13)14/h4-6,16-17H,2-3,7-10H2,1H3. The fourth-order valence-electron chi connectivity index (χ4n) is 1.85. The zero-order valence-corrected chi connectivity index (χ0v) is 11.0. The lowest BCUT2D eigenvalue weighted by Crippen LogP contribution is -2.29. The van der Waals surface area contributed by atoms with Crippen LogP contribution >= 0.6 is 11.6 Å². The number of hydrogen-bond acceptors (Lipinski definition) is 3. The number of unbranched alkanes of at least 4 members (excludes halogenated alkanes) is 1. The summed E-state index contributed by atoms with van der Waals surface area (Å²) in [5, 5.41) is 19.1. The monoisotopic (exact) mass is 257 g/mol. The minimum atomic E-state index is -0.0378. The largest absolute Gasteiger partial charge is 0.395 e. The van der Waals surface area contributed by atoms with Gasteiger partial charge in [0.15, 0.2) is 0 Å². The topological polar surface area (TPSA) is 43.7 Å². The van der Waals surface area contributed by atoms with E-state index in [1.165, 1.54) is 0 Å². The van der Waals surface area contributed by atoms with E-state index < -0.39 is 0 Å². The summed E-state index contributed by atoms with van der Waals surface area (Å²) in [7, 11) is 0. The van der Waals surface area contributed by atoms with Crippen LogP contribution in [0.15, 0.2) is 18.2 Å². The number of aliphatic hydroxyl groups is 2. The van der Waals surface area contributed by atoms with Crippen LogP contribution in [0, 0.1) is 0 Å². The predicted octanol–water partition coefficient (Wildman–Crippen LogP) is 2.43. The maximum Gasteiger partial charge on any atom is 0.0702 e. The number of hydrogen-bond donors (Lipinski definition) is 2. The lowest BCUT2D eigenvalue weighted by atomic mass is 10.1. The molecule has 0 atom stereocenters. The van der Waals surface area contributed by atoms with Crippen molar-refractivity contribution in [2.24, 2.45) is 0 Å². The molecule has 0 aromatic heterocycles. The van der Waals surface area contributed by atoms with Gasteiger partial charge >= 0.3 is 0 Å². The third kappa shape index (κ3) is 3.87. The van der Waals surface area contributed by atoms with Crippen molar-refractivity contribution < 1.29 is 10.2 Å². The maximum absolute atomic E-state index is 9.34. The zero-order valence-electron chi connectivity index (χ0n) is 10.2. The molecule has 0 spiro atoms. The first-order valence-electron chi connectivity index (χ1n) is 5.98. The van der Waals surface area contributed by atoms with Crippen LogP contribution in [0.25, 0.3) is 0 Å². The summed E-state index contributed by atoms with van der Waals surface area (Å²) in [4.78, 5) is 2.04. The molecule has 0 amide bonds. The van der Waals surface area contributed by atoms with Crippen LogP contribution in [-0.2, 0) is 6.61 Å². The minimum Gasteiger partial charge on any atom is -0.395 e. The molecule has 1 aromatic carbocycles. The van der Waals surface area contributed by atoms with Crippen LogP contribution in [0.5, 0.6) is 0 Å². The molecule has 4 heteroatoms. The summed E-state index contributed by atoms with van der Waals surface area (Å²) in [6.45, 7) is 3.55. The van der Waals surface area contributed by atoms with Crippen LogP contribution in [0.3, 0.4) is 0 Å². The normalized spacial score (nSPS) is 10.6. The molecule has 17 heavy (non-hydrogen) atoms. The van der Waals surface area contributed by atoms with Crippen LogP contribution in [-0.4, -0.2) is 29.9 Å². The van der Waals surface area contributed by atoms with Crippen LogP contribution in [0.2, 0.25) is 5.02 Å². The molecule has 96 valence electrons. The summed E-state index contributed by atoms with van der Waals surface area (Å²) >= 11 is 6.18. The Morgan fingerprint density at radius 3 is 2.59 bits per heavy atom. The second-order valence-electron chi connectivity index (χ2n) is 3.97. The minimum absolute atomic E-state index is 0.0378. The van der Waals surface area contributed by atoms with Gasteiger partial charge < -0.3 is 15.1 Å². The fraction of sp³-hybridized carbons (Fsp3) is 0.538. The van der Waals surface area contributed by atoms with E-state index in [0.29, 0.717) is 11.6 Å². The molecule has 3 nitrogen and oxygen atoms in total. The van der Waals surface area contributed by atoms with Gasteiger partial charge in [-0.1, -0.05) is 37.1 Å². The van der Waals surface area contributed by atoms with E-state index in [2.05, 4.69) is 6.92 Å². The molecule has 0 saturated carbocycles. The van der Waals surface area contributed by atoms with Crippen LogP contribution < -0.4 is 4.90 Å². The van der Waals surface area contributed by atoms with Gasteiger partial charge in [0.2, 0.25) is 0 Å². The molecule has 1 aromatic rings. The smallest absolute Gasteiger partial charge is 0.0702 e. The van der Waals surface area contributed by atoms with Crippen molar-refractivity contribution in [2.45, 2.75) is 26.4 Å². The first-order chi connectivity index (χ1) is 8.24. The summed E-state index contributed by atoms with van der Waals surface area (Å²) < 4.78 is 0. The first kappa shape index (κ1) is 14.3. The molecule has 0 fully saturated rings. The summed E-state index contributed by atoms with van der Waals surface area (Å²) in [5.74, 6) is 0. The quantitative estimate of drug-likeness (QED) is 0.789. The van der Waals surface area contributed by atoms with Crippen molar-refractivity contribution in [3.8, 4) is 0 Å². The number of para-hydroxylation sites is 1. The Bertz CT molecular complexity index is 344. The Kier molecular flexibility index (Phi) is 6.34. The van der Waals surface area contributed by atoms with Gasteiger partial charge in [-0.05, 0) is 12.5 Å². The van der Waals surface area contributed by atoms with Crippen molar-refractivity contribution in [3.05, 3.63) is 28.8 Å². The molecule has 0 saturated heterocycles. The average molecular weight is 258 g/mol. The van der Waals surface area contributed by atoms with Gasteiger partial charge in [-0.25, -0.2) is 0 Å². The lowest BCUT2D eigenvalue weighted by Gasteiger charge is -2.27.